The van der Waals surface area contributed by atoms with E-state index in [1.807, 2.05) is 43.1 Å². The van der Waals surface area contributed by atoms with Gasteiger partial charge in [0.2, 0.25) is 0 Å². The first-order valence-electron chi connectivity index (χ1n) is 8.09. The Morgan fingerprint density at radius 1 is 1.28 bits per heavy atom. The number of phenols is 1. The summed E-state index contributed by atoms with van der Waals surface area (Å²) in [6, 6.07) is 12.2. The van der Waals surface area contributed by atoms with Gasteiger partial charge in [-0.3, -0.25) is 4.99 Å². The molecule has 2 aromatic carbocycles. The summed E-state index contributed by atoms with van der Waals surface area (Å²) in [7, 11) is 3.60. The van der Waals surface area contributed by atoms with E-state index in [4.69, 9.17) is 4.74 Å². The number of likely N-dealkylation sites (N-methyl/N-ethyl adjacent to an activating group) is 1. The first-order chi connectivity index (χ1) is 12.0. The van der Waals surface area contributed by atoms with Gasteiger partial charge in [-0.2, -0.15) is 0 Å². The van der Waals surface area contributed by atoms with Crippen molar-refractivity contribution in [1.29, 1.82) is 0 Å². The number of guanidine groups is 1. The van der Waals surface area contributed by atoms with Gasteiger partial charge in [0, 0.05) is 20.6 Å². The molecule has 0 fully saturated rings. The second-order valence-corrected chi connectivity index (χ2v) is 5.72. The summed E-state index contributed by atoms with van der Waals surface area (Å²) in [5.74, 6) is 0.577. The standard InChI is InChI=1S/C19H24FN3O2/c1-14-6-4-5-7-18(14)25-11-10-23(3)19(21-2)22-13-15-8-9-17(24)16(20)12-15/h4-9,12,24H,10-11,13H2,1-3H3,(H,21,22). The summed E-state index contributed by atoms with van der Waals surface area (Å²) >= 11 is 0. The molecule has 2 N–H and O–H groups in total. The molecule has 0 saturated carbocycles. The van der Waals surface area contributed by atoms with Gasteiger partial charge in [0.25, 0.3) is 0 Å². The number of hydrogen-bond acceptors (Lipinski definition) is 3. The van der Waals surface area contributed by atoms with Gasteiger partial charge in [0.15, 0.2) is 17.5 Å². The molecule has 2 rings (SSSR count). The van der Waals surface area contributed by atoms with E-state index >= 15 is 0 Å². The maximum atomic E-state index is 13.4. The highest BCUT2D eigenvalue weighted by Crippen LogP contribution is 2.16. The van der Waals surface area contributed by atoms with Gasteiger partial charge in [-0.25, -0.2) is 4.39 Å². The third kappa shape index (κ3) is 5.38. The van der Waals surface area contributed by atoms with Crippen LogP contribution < -0.4 is 10.1 Å². The number of hydrogen-bond donors (Lipinski definition) is 2. The molecule has 0 radical (unpaired) electrons. The Morgan fingerprint density at radius 3 is 2.72 bits per heavy atom. The van der Waals surface area contributed by atoms with Gasteiger partial charge in [-0.1, -0.05) is 24.3 Å². The lowest BCUT2D eigenvalue weighted by atomic mass is 10.2. The average molecular weight is 345 g/mol. The molecule has 0 amide bonds. The van der Waals surface area contributed by atoms with Gasteiger partial charge < -0.3 is 20.1 Å². The van der Waals surface area contributed by atoms with E-state index in [0.29, 0.717) is 25.7 Å². The van der Waals surface area contributed by atoms with Crippen LogP contribution in [0, 0.1) is 12.7 Å². The first-order valence-corrected chi connectivity index (χ1v) is 8.09. The normalized spacial score (nSPS) is 11.3. The van der Waals surface area contributed by atoms with Crippen LogP contribution in [0.1, 0.15) is 11.1 Å². The smallest absolute Gasteiger partial charge is 0.193 e. The highest BCUT2D eigenvalue weighted by molar-refractivity contribution is 5.79. The van der Waals surface area contributed by atoms with Crippen molar-refractivity contribution >= 4 is 5.96 Å². The van der Waals surface area contributed by atoms with Crippen LogP contribution in [0.3, 0.4) is 0 Å². The van der Waals surface area contributed by atoms with E-state index in [1.165, 1.54) is 12.1 Å². The fourth-order valence-corrected chi connectivity index (χ4v) is 2.34. The maximum Gasteiger partial charge on any atom is 0.193 e. The maximum absolute atomic E-state index is 13.4. The van der Waals surface area contributed by atoms with E-state index in [-0.39, 0.29) is 5.75 Å². The third-order valence-electron chi connectivity index (χ3n) is 3.81. The molecule has 5 nitrogen and oxygen atoms in total. The van der Waals surface area contributed by atoms with Crippen molar-refractivity contribution < 1.29 is 14.2 Å². The number of phenolic OH excluding ortho intramolecular Hbond substituents is 1. The largest absolute Gasteiger partial charge is 0.505 e. The Balaban J connectivity index is 1.83. The van der Waals surface area contributed by atoms with Gasteiger partial charge in [-0.15, -0.1) is 0 Å². The number of halogens is 1. The molecule has 0 aliphatic carbocycles. The van der Waals surface area contributed by atoms with E-state index in [1.54, 1.807) is 13.1 Å². The number of rotatable bonds is 6. The topological polar surface area (TPSA) is 57.1 Å². The SMILES string of the molecule is CN=C(NCc1ccc(O)c(F)c1)N(C)CCOc1ccccc1C. The number of nitrogens with one attached hydrogen (secondary N) is 1. The van der Waals surface area contributed by atoms with Crippen molar-refractivity contribution in [3.63, 3.8) is 0 Å². The van der Waals surface area contributed by atoms with Crippen molar-refractivity contribution in [2.24, 2.45) is 4.99 Å². The molecule has 2 aromatic rings. The number of aryl methyl sites for hydroxylation is 1. The molecule has 0 saturated heterocycles. The summed E-state index contributed by atoms with van der Waals surface area (Å²) in [4.78, 5) is 6.16. The number of para-hydroxylation sites is 1. The van der Waals surface area contributed by atoms with Crippen molar-refractivity contribution in [2.75, 3.05) is 27.2 Å². The predicted molar refractivity (Wildman–Crippen MR) is 97.6 cm³/mol. The minimum Gasteiger partial charge on any atom is -0.505 e. The first kappa shape index (κ1) is 18.6. The van der Waals surface area contributed by atoms with Crippen LogP contribution >= 0.6 is 0 Å². The average Bonchev–Trinajstić information content (AvgIpc) is 2.60. The van der Waals surface area contributed by atoms with Crippen LogP contribution in [-0.4, -0.2) is 43.2 Å². The van der Waals surface area contributed by atoms with Crippen molar-refractivity contribution in [1.82, 2.24) is 10.2 Å². The number of nitrogens with zero attached hydrogens (tertiary/aromatic N) is 2. The quantitative estimate of drug-likeness (QED) is 0.624. The Bertz CT molecular complexity index is 734. The second-order valence-electron chi connectivity index (χ2n) is 5.72. The summed E-state index contributed by atoms with van der Waals surface area (Å²) in [6.07, 6.45) is 0. The predicted octanol–water partition coefficient (Wildman–Crippen LogP) is 2.93. The molecule has 0 spiro atoms. The summed E-state index contributed by atoms with van der Waals surface area (Å²) in [6.45, 7) is 3.59. The monoisotopic (exact) mass is 345 g/mol. The minimum absolute atomic E-state index is 0.349. The Morgan fingerprint density at radius 2 is 2.04 bits per heavy atom. The highest BCUT2D eigenvalue weighted by Gasteiger charge is 2.08. The van der Waals surface area contributed by atoms with Gasteiger partial charge in [0.05, 0.1) is 6.54 Å². The molecular weight excluding hydrogens is 321 g/mol. The number of ether oxygens (including phenoxy) is 1. The third-order valence-corrected chi connectivity index (χ3v) is 3.81. The molecule has 0 heterocycles. The van der Waals surface area contributed by atoms with Crippen molar-refractivity contribution in [2.45, 2.75) is 13.5 Å². The Labute approximate surface area is 147 Å². The van der Waals surface area contributed by atoms with Crippen LogP contribution in [0.4, 0.5) is 4.39 Å². The molecule has 134 valence electrons. The lowest BCUT2D eigenvalue weighted by molar-refractivity contribution is 0.280. The molecule has 0 atom stereocenters. The van der Waals surface area contributed by atoms with Gasteiger partial charge in [0.1, 0.15) is 12.4 Å². The van der Waals surface area contributed by atoms with Crippen LogP contribution in [0.15, 0.2) is 47.5 Å². The van der Waals surface area contributed by atoms with E-state index in [2.05, 4.69) is 10.3 Å². The van der Waals surface area contributed by atoms with Crippen molar-refractivity contribution in [3.8, 4) is 11.5 Å². The molecule has 0 unspecified atom stereocenters. The number of benzene rings is 2. The van der Waals surface area contributed by atoms with Crippen LogP contribution in [0.5, 0.6) is 11.5 Å². The van der Waals surface area contributed by atoms with Crippen LogP contribution in [-0.2, 0) is 6.54 Å². The highest BCUT2D eigenvalue weighted by atomic mass is 19.1. The number of aromatic hydroxyl groups is 1. The van der Waals surface area contributed by atoms with Crippen molar-refractivity contribution in [3.05, 3.63) is 59.4 Å². The second kappa shape index (κ2) is 8.92. The lowest BCUT2D eigenvalue weighted by Crippen LogP contribution is -2.40. The van der Waals surface area contributed by atoms with Gasteiger partial charge >= 0.3 is 0 Å². The zero-order valence-corrected chi connectivity index (χ0v) is 14.8. The van der Waals surface area contributed by atoms with E-state index in [9.17, 15) is 9.50 Å². The molecule has 0 bridgehead atoms. The molecule has 0 aromatic heterocycles. The Hall–Kier alpha value is -2.76. The fourth-order valence-electron chi connectivity index (χ4n) is 2.34. The molecule has 25 heavy (non-hydrogen) atoms. The fraction of sp³-hybridized carbons (Fsp3) is 0.316. The van der Waals surface area contributed by atoms with Gasteiger partial charge in [-0.05, 0) is 36.2 Å². The van der Waals surface area contributed by atoms with Crippen LogP contribution in [0.25, 0.3) is 0 Å². The van der Waals surface area contributed by atoms with Crippen LogP contribution in [0.2, 0.25) is 0 Å². The van der Waals surface area contributed by atoms with E-state index < -0.39 is 5.82 Å². The Kier molecular flexibility index (Phi) is 6.62. The summed E-state index contributed by atoms with van der Waals surface area (Å²) < 4.78 is 19.2. The zero-order chi connectivity index (χ0) is 18.2. The summed E-state index contributed by atoms with van der Waals surface area (Å²) in [5, 5.41) is 12.4. The molecular formula is C19H24FN3O2. The lowest BCUT2D eigenvalue weighted by Gasteiger charge is -2.22. The number of aliphatic imine (C=N–C) groups is 1. The minimum atomic E-state index is -0.630. The van der Waals surface area contributed by atoms with E-state index in [0.717, 1.165) is 16.9 Å². The molecule has 0 aliphatic heterocycles. The zero-order valence-electron chi connectivity index (χ0n) is 14.8. The summed E-state index contributed by atoms with van der Waals surface area (Å²) in [5.41, 5.74) is 1.82. The molecule has 6 heteroatoms. The molecule has 0 aliphatic rings.